The molecule has 23 heavy (non-hydrogen) atoms. The molecule has 5 nitrogen and oxygen atoms in total. The maximum absolute atomic E-state index is 13.0. The lowest BCUT2D eigenvalue weighted by molar-refractivity contribution is -0.384. The van der Waals surface area contributed by atoms with Crippen molar-refractivity contribution in [2.45, 2.75) is 13.0 Å². The monoisotopic (exact) mass is 336 g/mol. The number of hydrogen-bond acceptors (Lipinski definition) is 3. The van der Waals surface area contributed by atoms with Gasteiger partial charge in [0.2, 0.25) is 0 Å². The van der Waals surface area contributed by atoms with Crippen LogP contribution in [0.3, 0.4) is 0 Å². The molecule has 0 heterocycles. The van der Waals surface area contributed by atoms with Gasteiger partial charge in [-0.1, -0.05) is 23.7 Å². The molecule has 1 amide bonds. The van der Waals surface area contributed by atoms with Crippen molar-refractivity contribution in [3.8, 4) is 0 Å². The maximum atomic E-state index is 13.0. The highest BCUT2D eigenvalue weighted by Gasteiger charge is 2.22. The molecule has 2 aromatic carbocycles. The van der Waals surface area contributed by atoms with E-state index in [0.717, 1.165) is 11.6 Å². The van der Waals surface area contributed by atoms with E-state index in [0.29, 0.717) is 0 Å². The summed E-state index contributed by atoms with van der Waals surface area (Å²) in [5.74, 6) is -0.746. The van der Waals surface area contributed by atoms with E-state index in [1.54, 1.807) is 26.1 Å². The molecule has 2 aromatic rings. The van der Waals surface area contributed by atoms with Crippen molar-refractivity contribution >= 4 is 23.2 Å². The van der Waals surface area contributed by atoms with Gasteiger partial charge in [0.25, 0.3) is 11.6 Å². The van der Waals surface area contributed by atoms with E-state index in [-0.39, 0.29) is 34.0 Å². The molecule has 0 spiro atoms. The highest BCUT2D eigenvalue weighted by molar-refractivity contribution is 6.32. The van der Waals surface area contributed by atoms with Gasteiger partial charge in [0.05, 0.1) is 11.0 Å². The Morgan fingerprint density at radius 1 is 1.26 bits per heavy atom. The fourth-order valence-electron chi connectivity index (χ4n) is 2.13. The molecule has 0 radical (unpaired) electrons. The molecule has 120 valence electrons. The van der Waals surface area contributed by atoms with Crippen molar-refractivity contribution in [3.63, 3.8) is 0 Å². The average molecular weight is 337 g/mol. The minimum Gasteiger partial charge on any atom is -0.335 e. The minimum atomic E-state index is -0.636. The van der Waals surface area contributed by atoms with Gasteiger partial charge in [0, 0.05) is 18.7 Å². The summed E-state index contributed by atoms with van der Waals surface area (Å²) in [5.41, 5.74) is 0.601. The molecular formula is C16H14ClFN2O3. The Morgan fingerprint density at radius 2 is 1.87 bits per heavy atom. The number of hydrogen-bond donors (Lipinski definition) is 0. The predicted octanol–water partition coefficient (Wildman–Crippen LogP) is 4.22. The van der Waals surface area contributed by atoms with Crippen molar-refractivity contribution in [3.05, 3.63) is 74.5 Å². The Hall–Kier alpha value is -2.47. The van der Waals surface area contributed by atoms with Crippen molar-refractivity contribution in [2.24, 2.45) is 0 Å². The smallest absolute Gasteiger partial charge is 0.288 e. The Bertz CT molecular complexity index is 749. The van der Waals surface area contributed by atoms with Crippen LogP contribution in [0.2, 0.25) is 5.02 Å². The topological polar surface area (TPSA) is 63.5 Å². The quantitative estimate of drug-likeness (QED) is 0.620. The molecule has 7 heteroatoms. The Morgan fingerprint density at radius 3 is 2.43 bits per heavy atom. The van der Waals surface area contributed by atoms with E-state index in [9.17, 15) is 19.3 Å². The van der Waals surface area contributed by atoms with Crippen LogP contribution < -0.4 is 0 Å². The van der Waals surface area contributed by atoms with Crippen LogP contribution in [0.1, 0.15) is 28.9 Å². The molecule has 0 bridgehead atoms. The van der Waals surface area contributed by atoms with E-state index in [1.165, 1.54) is 29.2 Å². The van der Waals surface area contributed by atoms with Crippen molar-refractivity contribution in [2.75, 3.05) is 7.05 Å². The van der Waals surface area contributed by atoms with Gasteiger partial charge >= 0.3 is 0 Å². The Kier molecular flexibility index (Phi) is 4.95. The summed E-state index contributed by atoms with van der Waals surface area (Å²) in [6.45, 7) is 1.79. The molecule has 0 aliphatic carbocycles. The fraction of sp³-hybridized carbons (Fsp3) is 0.188. The molecule has 1 unspecified atom stereocenters. The Labute approximate surface area is 137 Å². The van der Waals surface area contributed by atoms with Crippen LogP contribution in [0.5, 0.6) is 0 Å². The van der Waals surface area contributed by atoms with Crippen LogP contribution in [-0.4, -0.2) is 22.8 Å². The maximum Gasteiger partial charge on any atom is 0.288 e. The lowest BCUT2D eigenvalue weighted by Crippen LogP contribution is -2.29. The SMILES string of the molecule is CC(c1ccc(F)cc1)N(C)C(=O)c1ccc(Cl)c([N+](=O)[O-])c1. The third kappa shape index (κ3) is 3.65. The number of nitro benzene ring substituents is 1. The van der Waals surface area contributed by atoms with Gasteiger partial charge in [0.1, 0.15) is 10.8 Å². The Balaban J connectivity index is 2.27. The number of rotatable bonds is 4. The molecule has 0 aliphatic rings. The number of nitro groups is 1. The standard InChI is InChI=1S/C16H14ClFN2O3/c1-10(11-3-6-13(18)7-4-11)19(2)16(21)12-5-8-14(17)15(9-12)20(22)23/h3-10H,1-2H3. The van der Waals surface area contributed by atoms with Crippen LogP contribution in [0, 0.1) is 15.9 Å². The summed E-state index contributed by atoms with van der Waals surface area (Å²) in [6, 6.07) is 9.40. The van der Waals surface area contributed by atoms with Crippen LogP contribution in [-0.2, 0) is 0 Å². The normalized spacial score (nSPS) is 11.8. The second-order valence-corrected chi connectivity index (χ2v) is 5.47. The largest absolute Gasteiger partial charge is 0.335 e. The number of halogens is 2. The van der Waals surface area contributed by atoms with E-state index >= 15 is 0 Å². The number of carbonyl (C=O) groups excluding carboxylic acids is 1. The van der Waals surface area contributed by atoms with Crippen LogP contribution in [0.25, 0.3) is 0 Å². The van der Waals surface area contributed by atoms with Crippen molar-refractivity contribution in [1.82, 2.24) is 4.90 Å². The predicted molar refractivity (Wildman–Crippen MR) is 85.0 cm³/mol. The van der Waals surface area contributed by atoms with Gasteiger partial charge in [0.15, 0.2) is 0 Å². The minimum absolute atomic E-state index is 0.0270. The number of carbonyl (C=O) groups is 1. The fourth-order valence-corrected chi connectivity index (χ4v) is 2.32. The lowest BCUT2D eigenvalue weighted by atomic mass is 10.1. The highest BCUT2D eigenvalue weighted by atomic mass is 35.5. The number of amides is 1. The van der Waals surface area contributed by atoms with Crippen molar-refractivity contribution < 1.29 is 14.1 Å². The summed E-state index contributed by atoms with van der Waals surface area (Å²) in [4.78, 5) is 24.2. The van der Waals surface area contributed by atoms with E-state index < -0.39 is 4.92 Å². The van der Waals surface area contributed by atoms with Gasteiger partial charge in [-0.25, -0.2) is 4.39 Å². The average Bonchev–Trinajstić information content (AvgIpc) is 2.53. The zero-order valence-electron chi connectivity index (χ0n) is 12.5. The first-order valence-electron chi connectivity index (χ1n) is 6.78. The first-order valence-corrected chi connectivity index (χ1v) is 7.15. The molecule has 0 saturated carbocycles. The molecule has 0 fully saturated rings. The first kappa shape index (κ1) is 16.9. The molecular weight excluding hydrogens is 323 g/mol. The number of nitrogens with zero attached hydrogens (tertiary/aromatic N) is 2. The van der Waals surface area contributed by atoms with Crippen LogP contribution in [0.4, 0.5) is 10.1 Å². The lowest BCUT2D eigenvalue weighted by Gasteiger charge is -2.25. The summed E-state index contributed by atoms with van der Waals surface area (Å²) >= 11 is 5.75. The highest BCUT2D eigenvalue weighted by Crippen LogP contribution is 2.27. The van der Waals surface area contributed by atoms with Gasteiger partial charge in [-0.3, -0.25) is 14.9 Å². The molecule has 2 rings (SSSR count). The van der Waals surface area contributed by atoms with Crippen LogP contribution >= 0.6 is 11.6 Å². The zero-order chi connectivity index (χ0) is 17.1. The van der Waals surface area contributed by atoms with E-state index in [2.05, 4.69) is 0 Å². The molecule has 1 atom stereocenters. The first-order chi connectivity index (χ1) is 10.8. The third-order valence-electron chi connectivity index (χ3n) is 3.64. The van der Waals surface area contributed by atoms with E-state index in [1.807, 2.05) is 0 Å². The molecule has 0 N–H and O–H groups in total. The third-order valence-corrected chi connectivity index (χ3v) is 3.96. The van der Waals surface area contributed by atoms with Gasteiger partial charge in [-0.15, -0.1) is 0 Å². The summed E-state index contributed by atoms with van der Waals surface area (Å²) in [6.07, 6.45) is 0. The summed E-state index contributed by atoms with van der Waals surface area (Å²) in [7, 11) is 1.58. The second kappa shape index (κ2) is 6.75. The zero-order valence-corrected chi connectivity index (χ0v) is 13.2. The van der Waals surface area contributed by atoms with Gasteiger partial charge in [-0.05, 0) is 36.8 Å². The molecule has 0 aromatic heterocycles. The number of benzene rings is 2. The van der Waals surface area contributed by atoms with Crippen LogP contribution in [0.15, 0.2) is 42.5 Å². The summed E-state index contributed by atoms with van der Waals surface area (Å²) < 4.78 is 13.0. The van der Waals surface area contributed by atoms with Crippen molar-refractivity contribution in [1.29, 1.82) is 0 Å². The van der Waals surface area contributed by atoms with Gasteiger partial charge < -0.3 is 4.90 Å². The van der Waals surface area contributed by atoms with E-state index in [4.69, 9.17) is 11.6 Å². The molecule has 0 aliphatic heterocycles. The second-order valence-electron chi connectivity index (χ2n) is 5.07. The summed E-state index contributed by atoms with van der Waals surface area (Å²) in [5, 5.41) is 10.9. The molecule has 0 saturated heterocycles. The van der Waals surface area contributed by atoms with Gasteiger partial charge in [-0.2, -0.15) is 0 Å².